The first kappa shape index (κ1) is 14.4. The van der Waals surface area contributed by atoms with Gasteiger partial charge in [-0.15, -0.1) is 11.3 Å². The van der Waals surface area contributed by atoms with Crippen molar-refractivity contribution in [3.05, 3.63) is 57.5 Å². The third kappa shape index (κ3) is 2.78. The second-order valence-electron chi connectivity index (χ2n) is 4.77. The lowest BCUT2D eigenvalue weighted by atomic mass is 10.1. The molecule has 0 bridgehead atoms. The lowest BCUT2D eigenvalue weighted by Crippen LogP contribution is -1.90. The molecule has 2 aromatic heterocycles. The van der Waals surface area contributed by atoms with Gasteiger partial charge >= 0.3 is 0 Å². The zero-order valence-corrected chi connectivity index (χ0v) is 14.3. The van der Waals surface area contributed by atoms with E-state index in [2.05, 4.69) is 46.9 Å². The molecule has 0 aliphatic carbocycles. The van der Waals surface area contributed by atoms with Gasteiger partial charge in [-0.2, -0.15) is 0 Å². The Morgan fingerprint density at radius 2 is 1.90 bits per heavy atom. The van der Waals surface area contributed by atoms with E-state index >= 15 is 0 Å². The van der Waals surface area contributed by atoms with Gasteiger partial charge in [0.15, 0.2) is 0 Å². The minimum atomic E-state index is 0.964. The van der Waals surface area contributed by atoms with Gasteiger partial charge in [0.05, 0.1) is 5.69 Å². The van der Waals surface area contributed by atoms with Crippen molar-refractivity contribution in [2.45, 2.75) is 20.3 Å². The highest BCUT2D eigenvalue weighted by Gasteiger charge is 2.15. The molecular formula is C17H15BrN2S. The molecule has 0 N–H and O–H groups in total. The van der Waals surface area contributed by atoms with Crippen LogP contribution < -0.4 is 0 Å². The first-order valence-electron chi connectivity index (χ1n) is 6.87. The summed E-state index contributed by atoms with van der Waals surface area (Å²) >= 11 is 5.32. The van der Waals surface area contributed by atoms with E-state index in [4.69, 9.17) is 4.98 Å². The van der Waals surface area contributed by atoms with E-state index in [9.17, 15) is 0 Å². The van der Waals surface area contributed by atoms with Crippen molar-refractivity contribution >= 4 is 27.3 Å². The molecule has 106 valence electrons. The molecule has 0 aliphatic rings. The standard InChI is InChI=1S/C17H15BrN2S/c1-3-12-7-6-10-19-16(12)17-20-15(11(2)21-17)13-8-4-5-9-14(13)18/h4-10H,3H2,1-2H3. The van der Waals surface area contributed by atoms with Crippen LogP contribution in [0.2, 0.25) is 0 Å². The highest BCUT2D eigenvalue weighted by atomic mass is 79.9. The van der Waals surface area contributed by atoms with E-state index < -0.39 is 0 Å². The number of rotatable bonds is 3. The van der Waals surface area contributed by atoms with Gasteiger partial charge in [0, 0.05) is 21.1 Å². The fourth-order valence-corrected chi connectivity index (χ4v) is 3.75. The van der Waals surface area contributed by atoms with Crippen LogP contribution in [0.4, 0.5) is 0 Å². The topological polar surface area (TPSA) is 25.8 Å². The molecule has 0 aliphatic heterocycles. The summed E-state index contributed by atoms with van der Waals surface area (Å²) in [6.45, 7) is 4.26. The monoisotopic (exact) mass is 358 g/mol. The van der Waals surface area contributed by atoms with Crippen LogP contribution in [0.3, 0.4) is 0 Å². The highest BCUT2D eigenvalue weighted by molar-refractivity contribution is 9.10. The van der Waals surface area contributed by atoms with E-state index in [1.54, 1.807) is 11.3 Å². The number of pyridine rings is 1. The second-order valence-corrected chi connectivity index (χ2v) is 6.83. The lowest BCUT2D eigenvalue weighted by molar-refractivity contribution is 1.10. The maximum absolute atomic E-state index is 4.85. The Kier molecular flexibility index (Phi) is 4.17. The van der Waals surface area contributed by atoms with Crippen LogP contribution in [0.25, 0.3) is 22.0 Å². The molecule has 0 unspecified atom stereocenters. The number of halogens is 1. The molecule has 0 spiro atoms. The van der Waals surface area contributed by atoms with Gasteiger partial charge in [-0.1, -0.05) is 47.1 Å². The Morgan fingerprint density at radius 1 is 1.10 bits per heavy atom. The number of hydrogen-bond acceptors (Lipinski definition) is 3. The van der Waals surface area contributed by atoms with Crippen molar-refractivity contribution in [2.75, 3.05) is 0 Å². The first-order valence-corrected chi connectivity index (χ1v) is 8.48. The molecule has 3 aromatic rings. The van der Waals surface area contributed by atoms with Gasteiger partial charge < -0.3 is 0 Å². The van der Waals surface area contributed by atoms with E-state index in [0.29, 0.717) is 0 Å². The Hall–Kier alpha value is -1.52. The van der Waals surface area contributed by atoms with E-state index in [-0.39, 0.29) is 0 Å². The molecule has 2 nitrogen and oxygen atoms in total. The van der Waals surface area contributed by atoms with Gasteiger partial charge in [0.1, 0.15) is 10.7 Å². The van der Waals surface area contributed by atoms with Crippen molar-refractivity contribution in [1.82, 2.24) is 9.97 Å². The molecule has 0 radical (unpaired) electrons. The maximum atomic E-state index is 4.85. The van der Waals surface area contributed by atoms with Crippen molar-refractivity contribution in [3.63, 3.8) is 0 Å². The SMILES string of the molecule is CCc1cccnc1-c1nc(-c2ccccc2Br)c(C)s1. The number of aryl methyl sites for hydroxylation is 2. The number of benzene rings is 1. The summed E-state index contributed by atoms with van der Waals surface area (Å²) in [4.78, 5) is 10.6. The highest BCUT2D eigenvalue weighted by Crippen LogP contribution is 2.36. The number of hydrogen-bond donors (Lipinski definition) is 0. The molecule has 4 heteroatoms. The van der Waals surface area contributed by atoms with E-state index in [1.165, 1.54) is 10.4 Å². The number of aromatic nitrogens is 2. The fourth-order valence-electron chi connectivity index (χ4n) is 2.32. The minimum Gasteiger partial charge on any atom is -0.253 e. The zero-order valence-electron chi connectivity index (χ0n) is 11.9. The summed E-state index contributed by atoms with van der Waals surface area (Å²) in [5, 5.41) is 0.996. The van der Waals surface area contributed by atoms with E-state index in [0.717, 1.165) is 32.9 Å². The summed E-state index contributed by atoms with van der Waals surface area (Å²) in [6, 6.07) is 12.3. The lowest BCUT2D eigenvalue weighted by Gasteiger charge is -2.03. The molecular weight excluding hydrogens is 344 g/mol. The van der Waals surface area contributed by atoms with Crippen LogP contribution in [0, 0.1) is 6.92 Å². The largest absolute Gasteiger partial charge is 0.253 e. The Labute approximate surface area is 137 Å². The summed E-state index contributed by atoms with van der Waals surface area (Å²) in [5.74, 6) is 0. The van der Waals surface area contributed by atoms with Crippen LogP contribution in [0.5, 0.6) is 0 Å². The minimum absolute atomic E-state index is 0.964. The average molecular weight is 359 g/mol. The molecule has 0 atom stereocenters. The third-order valence-electron chi connectivity index (χ3n) is 3.40. The predicted molar refractivity (Wildman–Crippen MR) is 92.6 cm³/mol. The molecule has 2 heterocycles. The molecule has 0 saturated carbocycles. The first-order chi connectivity index (χ1) is 10.2. The molecule has 0 fully saturated rings. The maximum Gasteiger partial charge on any atom is 0.143 e. The van der Waals surface area contributed by atoms with Gasteiger partial charge in [-0.05, 0) is 31.0 Å². The van der Waals surface area contributed by atoms with Gasteiger partial charge in [0.2, 0.25) is 0 Å². The third-order valence-corrected chi connectivity index (χ3v) is 5.07. The Balaban J connectivity index is 2.12. The summed E-state index contributed by atoms with van der Waals surface area (Å²) in [6.07, 6.45) is 2.80. The van der Waals surface area contributed by atoms with Crippen molar-refractivity contribution < 1.29 is 0 Å². The number of thiazole rings is 1. The summed E-state index contributed by atoms with van der Waals surface area (Å²) in [5.41, 5.74) is 4.41. The summed E-state index contributed by atoms with van der Waals surface area (Å²) in [7, 11) is 0. The van der Waals surface area contributed by atoms with Crippen LogP contribution in [0.1, 0.15) is 17.4 Å². The second kappa shape index (κ2) is 6.08. The van der Waals surface area contributed by atoms with Crippen LogP contribution >= 0.6 is 27.3 Å². The Bertz CT molecular complexity index is 780. The Morgan fingerprint density at radius 3 is 2.67 bits per heavy atom. The predicted octanol–water partition coefficient (Wildman–Crippen LogP) is 5.51. The van der Waals surface area contributed by atoms with E-state index in [1.807, 2.05) is 30.5 Å². The molecule has 1 aromatic carbocycles. The normalized spacial score (nSPS) is 10.8. The van der Waals surface area contributed by atoms with Crippen molar-refractivity contribution in [3.8, 4) is 22.0 Å². The fraction of sp³-hybridized carbons (Fsp3) is 0.176. The van der Waals surface area contributed by atoms with Gasteiger partial charge in [0.25, 0.3) is 0 Å². The molecule has 3 rings (SSSR count). The van der Waals surface area contributed by atoms with Gasteiger partial charge in [-0.3, -0.25) is 4.98 Å². The summed E-state index contributed by atoms with van der Waals surface area (Å²) < 4.78 is 1.07. The molecule has 0 amide bonds. The average Bonchev–Trinajstić information content (AvgIpc) is 2.89. The molecule has 21 heavy (non-hydrogen) atoms. The van der Waals surface area contributed by atoms with Crippen LogP contribution in [-0.4, -0.2) is 9.97 Å². The van der Waals surface area contributed by atoms with Crippen LogP contribution in [-0.2, 0) is 6.42 Å². The van der Waals surface area contributed by atoms with Crippen molar-refractivity contribution in [1.29, 1.82) is 0 Å². The van der Waals surface area contributed by atoms with Crippen molar-refractivity contribution in [2.24, 2.45) is 0 Å². The van der Waals surface area contributed by atoms with Gasteiger partial charge in [-0.25, -0.2) is 4.98 Å². The zero-order chi connectivity index (χ0) is 14.8. The number of nitrogens with zero attached hydrogens (tertiary/aromatic N) is 2. The molecule has 0 saturated heterocycles. The smallest absolute Gasteiger partial charge is 0.143 e. The quantitative estimate of drug-likeness (QED) is 0.617. The van der Waals surface area contributed by atoms with Crippen LogP contribution in [0.15, 0.2) is 47.1 Å².